The molecule has 0 saturated heterocycles. The molecule has 7 nitrogen and oxygen atoms in total. The number of guanidine groups is 1. The van der Waals surface area contributed by atoms with E-state index in [1.807, 2.05) is 18.5 Å². The predicted octanol–water partition coefficient (Wildman–Crippen LogP) is 2.56. The highest BCUT2D eigenvalue weighted by Crippen LogP contribution is 2.25. The zero-order valence-electron chi connectivity index (χ0n) is 17.4. The first-order valence-corrected chi connectivity index (χ1v) is 9.97. The van der Waals surface area contributed by atoms with Gasteiger partial charge in [0.15, 0.2) is 5.96 Å². The summed E-state index contributed by atoms with van der Waals surface area (Å²) in [7, 11) is 3.58. The van der Waals surface area contributed by atoms with E-state index in [0.717, 1.165) is 31.0 Å². The van der Waals surface area contributed by atoms with Crippen LogP contribution >= 0.6 is 0 Å². The summed E-state index contributed by atoms with van der Waals surface area (Å²) >= 11 is 0. The van der Waals surface area contributed by atoms with Crippen molar-refractivity contribution >= 4 is 5.96 Å². The standard InChI is InChI=1S/C20H29F2N7/c1-5-23-20(26-16-10-7-11-29-19(16)25-13(2)27-29)24-12-17(28(3)4)18-14(21)8-6-9-15(18)22/h6,8-9,16-17H,5,7,10-12H2,1-4H3,(H2,23,24,26). The first-order valence-electron chi connectivity index (χ1n) is 9.97. The van der Waals surface area contributed by atoms with E-state index in [4.69, 9.17) is 0 Å². The van der Waals surface area contributed by atoms with E-state index in [1.54, 1.807) is 19.0 Å². The van der Waals surface area contributed by atoms with E-state index in [-0.39, 0.29) is 18.2 Å². The largest absolute Gasteiger partial charge is 0.357 e. The Kier molecular flexibility index (Phi) is 6.79. The van der Waals surface area contributed by atoms with E-state index in [9.17, 15) is 8.78 Å². The van der Waals surface area contributed by atoms with Crippen LogP contribution in [-0.2, 0) is 6.54 Å². The molecule has 0 radical (unpaired) electrons. The minimum Gasteiger partial charge on any atom is -0.357 e. The van der Waals surface area contributed by atoms with Crippen molar-refractivity contribution < 1.29 is 8.78 Å². The summed E-state index contributed by atoms with van der Waals surface area (Å²) in [5.41, 5.74) is 0.0325. The molecule has 3 rings (SSSR count). The van der Waals surface area contributed by atoms with Crippen molar-refractivity contribution in [3.05, 3.63) is 47.0 Å². The highest BCUT2D eigenvalue weighted by atomic mass is 19.1. The molecule has 2 aromatic rings. The Morgan fingerprint density at radius 1 is 1.34 bits per heavy atom. The number of aryl methyl sites for hydroxylation is 2. The van der Waals surface area contributed by atoms with Gasteiger partial charge in [0.2, 0.25) is 0 Å². The van der Waals surface area contributed by atoms with Crippen molar-refractivity contribution in [2.24, 2.45) is 4.99 Å². The fourth-order valence-electron chi connectivity index (χ4n) is 3.61. The molecule has 9 heteroatoms. The maximum absolute atomic E-state index is 14.3. The third-order valence-corrected chi connectivity index (χ3v) is 5.01. The van der Waals surface area contributed by atoms with Crippen molar-refractivity contribution in [2.75, 3.05) is 27.2 Å². The van der Waals surface area contributed by atoms with E-state index in [0.29, 0.717) is 12.5 Å². The van der Waals surface area contributed by atoms with Gasteiger partial charge in [-0.15, -0.1) is 0 Å². The molecular formula is C20H29F2N7. The number of aliphatic imine (C=N–C) groups is 1. The number of halogens is 2. The molecule has 0 spiro atoms. The molecule has 2 N–H and O–H groups in total. The Morgan fingerprint density at radius 3 is 2.72 bits per heavy atom. The molecule has 1 aromatic heterocycles. The smallest absolute Gasteiger partial charge is 0.191 e. The fraction of sp³-hybridized carbons (Fsp3) is 0.550. The van der Waals surface area contributed by atoms with Gasteiger partial charge in [0.1, 0.15) is 23.3 Å². The lowest BCUT2D eigenvalue weighted by molar-refractivity contribution is 0.289. The van der Waals surface area contributed by atoms with Gasteiger partial charge in [-0.2, -0.15) is 5.10 Å². The second-order valence-electron chi connectivity index (χ2n) is 7.41. The van der Waals surface area contributed by atoms with Gasteiger partial charge in [0, 0.05) is 18.7 Å². The Labute approximate surface area is 170 Å². The summed E-state index contributed by atoms with van der Waals surface area (Å²) in [6.07, 6.45) is 1.91. The topological polar surface area (TPSA) is 70.4 Å². The third kappa shape index (κ3) is 4.90. The Balaban J connectivity index is 1.81. The first-order chi connectivity index (χ1) is 13.9. The minimum absolute atomic E-state index is 0.00856. The van der Waals surface area contributed by atoms with Crippen LogP contribution in [0.1, 0.15) is 49.1 Å². The van der Waals surface area contributed by atoms with E-state index in [2.05, 4.69) is 25.7 Å². The van der Waals surface area contributed by atoms with Crippen molar-refractivity contribution in [2.45, 2.75) is 45.3 Å². The van der Waals surface area contributed by atoms with E-state index >= 15 is 0 Å². The van der Waals surface area contributed by atoms with Gasteiger partial charge >= 0.3 is 0 Å². The van der Waals surface area contributed by atoms with Gasteiger partial charge in [0.25, 0.3) is 0 Å². The van der Waals surface area contributed by atoms with Gasteiger partial charge in [-0.05, 0) is 52.9 Å². The number of benzene rings is 1. The van der Waals surface area contributed by atoms with Crippen LogP contribution in [-0.4, -0.2) is 52.8 Å². The lowest BCUT2D eigenvalue weighted by Gasteiger charge is -2.27. The molecule has 0 aliphatic carbocycles. The molecule has 0 bridgehead atoms. The Morgan fingerprint density at radius 2 is 2.07 bits per heavy atom. The quantitative estimate of drug-likeness (QED) is 0.571. The van der Waals surface area contributed by atoms with Crippen LogP contribution in [0.4, 0.5) is 8.78 Å². The second-order valence-corrected chi connectivity index (χ2v) is 7.41. The normalized spacial score (nSPS) is 17.9. The molecule has 1 aliphatic rings. The van der Waals surface area contributed by atoms with Crippen molar-refractivity contribution in [3.63, 3.8) is 0 Å². The van der Waals surface area contributed by atoms with Crippen LogP contribution in [0, 0.1) is 18.6 Å². The Bertz CT molecular complexity index is 842. The van der Waals surface area contributed by atoms with Crippen LogP contribution in [0.2, 0.25) is 0 Å². The molecule has 0 saturated carbocycles. The average molecular weight is 405 g/mol. The summed E-state index contributed by atoms with van der Waals surface area (Å²) in [6.45, 7) is 5.60. The number of hydrogen-bond acceptors (Lipinski definition) is 4. The number of aromatic nitrogens is 3. The highest BCUT2D eigenvalue weighted by molar-refractivity contribution is 5.80. The zero-order valence-corrected chi connectivity index (χ0v) is 17.4. The number of nitrogens with zero attached hydrogens (tertiary/aromatic N) is 5. The molecule has 1 aromatic carbocycles. The molecule has 0 amide bonds. The number of nitrogens with one attached hydrogen (secondary N) is 2. The molecule has 158 valence electrons. The number of rotatable bonds is 6. The maximum atomic E-state index is 14.3. The molecule has 1 aliphatic heterocycles. The maximum Gasteiger partial charge on any atom is 0.191 e. The van der Waals surface area contributed by atoms with Gasteiger partial charge in [-0.1, -0.05) is 6.07 Å². The van der Waals surface area contributed by atoms with Gasteiger partial charge in [-0.3, -0.25) is 4.99 Å². The van der Waals surface area contributed by atoms with Crippen molar-refractivity contribution in [1.82, 2.24) is 30.3 Å². The SMILES string of the molecule is CCNC(=NCC(c1c(F)cccc1F)N(C)C)NC1CCCn2nc(C)nc21. The molecule has 2 unspecified atom stereocenters. The predicted molar refractivity (Wildman–Crippen MR) is 109 cm³/mol. The van der Waals surface area contributed by atoms with Crippen LogP contribution in [0.3, 0.4) is 0 Å². The molecule has 2 heterocycles. The third-order valence-electron chi connectivity index (χ3n) is 5.01. The van der Waals surface area contributed by atoms with E-state index in [1.165, 1.54) is 18.2 Å². The van der Waals surface area contributed by atoms with Crippen LogP contribution in [0.25, 0.3) is 0 Å². The number of likely N-dealkylation sites (N-methyl/N-ethyl adjacent to an activating group) is 1. The zero-order chi connectivity index (χ0) is 21.0. The highest BCUT2D eigenvalue weighted by Gasteiger charge is 2.25. The Hall–Kier alpha value is -2.55. The van der Waals surface area contributed by atoms with Gasteiger partial charge < -0.3 is 15.5 Å². The first kappa shape index (κ1) is 21.2. The number of fused-ring (bicyclic) bond motifs is 1. The van der Waals surface area contributed by atoms with Crippen LogP contribution in [0.5, 0.6) is 0 Å². The fourth-order valence-corrected chi connectivity index (χ4v) is 3.61. The van der Waals surface area contributed by atoms with Crippen molar-refractivity contribution in [1.29, 1.82) is 0 Å². The lowest BCUT2D eigenvalue weighted by atomic mass is 10.0. The molecule has 2 atom stereocenters. The van der Waals surface area contributed by atoms with Crippen molar-refractivity contribution in [3.8, 4) is 0 Å². The monoisotopic (exact) mass is 405 g/mol. The molecule has 29 heavy (non-hydrogen) atoms. The summed E-state index contributed by atoms with van der Waals surface area (Å²) < 4.78 is 30.5. The average Bonchev–Trinajstić information content (AvgIpc) is 3.05. The minimum atomic E-state index is -0.562. The summed E-state index contributed by atoms with van der Waals surface area (Å²) in [6, 6.07) is 3.39. The van der Waals surface area contributed by atoms with Crippen LogP contribution in [0.15, 0.2) is 23.2 Å². The van der Waals surface area contributed by atoms with E-state index < -0.39 is 17.7 Å². The second kappa shape index (κ2) is 9.30. The van der Waals surface area contributed by atoms with Crippen LogP contribution < -0.4 is 10.6 Å². The summed E-state index contributed by atoms with van der Waals surface area (Å²) in [4.78, 5) is 10.9. The summed E-state index contributed by atoms with van der Waals surface area (Å²) in [5, 5.41) is 11.1. The lowest BCUT2D eigenvalue weighted by Crippen LogP contribution is -2.42. The van der Waals surface area contributed by atoms with Gasteiger partial charge in [0.05, 0.1) is 18.6 Å². The number of hydrogen-bond donors (Lipinski definition) is 2. The summed E-state index contributed by atoms with van der Waals surface area (Å²) in [5.74, 6) is 1.11. The molecular weight excluding hydrogens is 376 g/mol. The van der Waals surface area contributed by atoms with Gasteiger partial charge in [-0.25, -0.2) is 18.4 Å². The molecule has 0 fully saturated rings.